The standard InChI is InChI=1S/C24H28N2O7S/c1-3-4-22(27)25-20-9-5-18(6-10-20)23(28)17(2)33-24(29)19-7-11-21(12-8-19)34(30,31)26-13-15-32-16-14-26/h5-12,17H,3-4,13-16H2,1-2H3,(H,25,27). The normalized spacial score (nSPS) is 15.4. The lowest BCUT2D eigenvalue weighted by Gasteiger charge is -2.26. The summed E-state index contributed by atoms with van der Waals surface area (Å²) in [5.41, 5.74) is 1.04. The summed E-state index contributed by atoms with van der Waals surface area (Å²) in [5, 5.41) is 2.74. The molecule has 1 N–H and O–H groups in total. The van der Waals surface area contributed by atoms with Gasteiger partial charge in [0.05, 0.1) is 23.7 Å². The van der Waals surface area contributed by atoms with Crippen LogP contribution in [0.2, 0.25) is 0 Å². The second kappa shape index (κ2) is 11.4. The first-order valence-corrected chi connectivity index (χ1v) is 12.5. The molecule has 1 unspecified atom stereocenters. The molecule has 0 saturated carbocycles. The van der Waals surface area contributed by atoms with E-state index >= 15 is 0 Å². The van der Waals surface area contributed by atoms with Gasteiger partial charge in [-0.2, -0.15) is 4.31 Å². The van der Waals surface area contributed by atoms with Crippen LogP contribution in [0, 0.1) is 0 Å². The maximum atomic E-state index is 12.7. The first kappa shape index (κ1) is 25.5. The largest absolute Gasteiger partial charge is 0.451 e. The minimum Gasteiger partial charge on any atom is -0.451 e. The van der Waals surface area contributed by atoms with E-state index in [0.717, 1.165) is 6.42 Å². The molecular formula is C24H28N2O7S. The van der Waals surface area contributed by atoms with Gasteiger partial charge >= 0.3 is 5.97 Å². The van der Waals surface area contributed by atoms with E-state index < -0.39 is 27.9 Å². The molecule has 2 aromatic rings. The van der Waals surface area contributed by atoms with Crippen molar-refractivity contribution in [2.75, 3.05) is 31.6 Å². The summed E-state index contributed by atoms with van der Waals surface area (Å²) >= 11 is 0. The topological polar surface area (TPSA) is 119 Å². The van der Waals surface area contributed by atoms with Crippen LogP contribution in [-0.2, 0) is 24.3 Å². The van der Waals surface area contributed by atoms with Crippen LogP contribution in [0.15, 0.2) is 53.4 Å². The van der Waals surface area contributed by atoms with Crippen molar-refractivity contribution >= 4 is 33.4 Å². The number of hydrogen-bond acceptors (Lipinski definition) is 7. The number of nitrogens with one attached hydrogen (secondary N) is 1. The number of Topliss-reactive ketones (excluding diaryl/α,β-unsaturated/α-hetero) is 1. The number of amides is 1. The van der Waals surface area contributed by atoms with Crippen molar-refractivity contribution in [2.24, 2.45) is 0 Å². The van der Waals surface area contributed by atoms with E-state index in [1.54, 1.807) is 24.3 Å². The number of anilines is 1. The van der Waals surface area contributed by atoms with E-state index in [4.69, 9.17) is 9.47 Å². The van der Waals surface area contributed by atoms with Gasteiger partial charge in [0.1, 0.15) is 0 Å². The molecule has 1 fully saturated rings. The maximum Gasteiger partial charge on any atom is 0.338 e. The number of esters is 1. The lowest BCUT2D eigenvalue weighted by atomic mass is 10.1. The number of ketones is 1. The summed E-state index contributed by atoms with van der Waals surface area (Å²) in [4.78, 5) is 36.9. The maximum absolute atomic E-state index is 12.7. The minimum atomic E-state index is -3.67. The molecule has 10 heteroatoms. The minimum absolute atomic E-state index is 0.0705. The molecular weight excluding hydrogens is 460 g/mol. The van der Waals surface area contributed by atoms with Gasteiger partial charge in [-0.25, -0.2) is 13.2 Å². The Kier molecular flexibility index (Phi) is 8.54. The number of rotatable bonds is 9. The van der Waals surface area contributed by atoms with Gasteiger partial charge in [0.2, 0.25) is 21.7 Å². The Balaban J connectivity index is 1.60. The van der Waals surface area contributed by atoms with Gasteiger partial charge < -0.3 is 14.8 Å². The molecule has 3 rings (SSSR count). The molecule has 0 spiro atoms. The Hall–Kier alpha value is -3.08. The second-order valence-corrected chi connectivity index (χ2v) is 9.77. The number of morpholine rings is 1. The lowest BCUT2D eigenvalue weighted by molar-refractivity contribution is -0.116. The highest BCUT2D eigenvalue weighted by atomic mass is 32.2. The Morgan fingerprint density at radius 2 is 1.59 bits per heavy atom. The molecule has 0 bridgehead atoms. The van der Waals surface area contributed by atoms with Crippen LogP contribution in [0.1, 0.15) is 47.4 Å². The fraction of sp³-hybridized carbons (Fsp3) is 0.375. The molecule has 2 aromatic carbocycles. The van der Waals surface area contributed by atoms with Gasteiger partial charge in [0.25, 0.3) is 0 Å². The van der Waals surface area contributed by atoms with E-state index in [1.165, 1.54) is 35.5 Å². The Morgan fingerprint density at radius 1 is 1.00 bits per heavy atom. The van der Waals surface area contributed by atoms with Crippen LogP contribution in [0.25, 0.3) is 0 Å². The van der Waals surface area contributed by atoms with Crippen LogP contribution in [0.5, 0.6) is 0 Å². The number of benzene rings is 2. The van der Waals surface area contributed by atoms with Gasteiger partial charge in [-0.05, 0) is 61.9 Å². The number of ether oxygens (including phenoxy) is 2. The quantitative estimate of drug-likeness (QED) is 0.426. The van der Waals surface area contributed by atoms with Crippen molar-refractivity contribution in [3.05, 3.63) is 59.7 Å². The highest BCUT2D eigenvalue weighted by Gasteiger charge is 2.27. The number of carbonyl (C=O) groups excluding carboxylic acids is 3. The van der Waals surface area contributed by atoms with Gasteiger partial charge in [0, 0.05) is 30.8 Å². The van der Waals surface area contributed by atoms with Crippen molar-refractivity contribution in [1.82, 2.24) is 4.31 Å². The molecule has 1 heterocycles. The zero-order chi connectivity index (χ0) is 24.7. The van der Waals surface area contributed by atoms with E-state index in [1.807, 2.05) is 6.92 Å². The molecule has 1 saturated heterocycles. The molecule has 9 nitrogen and oxygen atoms in total. The molecule has 0 aromatic heterocycles. The van der Waals surface area contributed by atoms with Gasteiger partial charge in [0.15, 0.2) is 6.10 Å². The summed E-state index contributed by atoms with van der Waals surface area (Å²) in [6.07, 6.45) is 0.0932. The monoisotopic (exact) mass is 488 g/mol. The molecule has 1 aliphatic rings. The van der Waals surface area contributed by atoms with Crippen LogP contribution < -0.4 is 5.32 Å². The average molecular weight is 489 g/mol. The van der Waals surface area contributed by atoms with Crippen LogP contribution in [0.4, 0.5) is 5.69 Å². The molecule has 182 valence electrons. The first-order chi connectivity index (χ1) is 16.2. The number of carbonyl (C=O) groups is 3. The predicted molar refractivity (Wildman–Crippen MR) is 125 cm³/mol. The first-order valence-electron chi connectivity index (χ1n) is 11.1. The van der Waals surface area contributed by atoms with Crippen molar-refractivity contribution in [3.63, 3.8) is 0 Å². The summed E-state index contributed by atoms with van der Waals surface area (Å²) in [5.74, 6) is -1.24. The fourth-order valence-electron chi connectivity index (χ4n) is 3.38. The SMILES string of the molecule is CCCC(=O)Nc1ccc(C(=O)C(C)OC(=O)c2ccc(S(=O)(=O)N3CCOCC3)cc2)cc1. The van der Waals surface area contributed by atoms with Crippen molar-refractivity contribution < 1.29 is 32.3 Å². The Morgan fingerprint density at radius 3 is 2.18 bits per heavy atom. The Bertz CT molecular complexity index is 1120. The van der Waals surface area contributed by atoms with Crippen molar-refractivity contribution in [2.45, 2.75) is 37.7 Å². The third-order valence-electron chi connectivity index (χ3n) is 5.28. The smallest absolute Gasteiger partial charge is 0.338 e. The number of nitrogens with zero attached hydrogens (tertiary/aromatic N) is 1. The predicted octanol–water partition coefficient (Wildman–Crippen LogP) is 2.87. The van der Waals surface area contributed by atoms with Gasteiger partial charge in [-0.3, -0.25) is 9.59 Å². The molecule has 34 heavy (non-hydrogen) atoms. The van der Waals surface area contributed by atoms with Crippen LogP contribution in [0.3, 0.4) is 0 Å². The molecule has 0 aliphatic carbocycles. The highest BCUT2D eigenvalue weighted by Crippen LogP contribution is 2.19. The summed E-state index contributed by atoms with van der Waals surface area (Å²) in [6, 6.07) is 11.8. The lowest BCUT2D eigenvalue weighted by Crippen LogP contribution is -2.40. The fourth-order valence-corrected chi connectivity index (χ4v) is 4.79. The highest BCUT2D eigenvalue weighted by molar-refractivity contribution is 7.89. The van der Waals surface area contributed by atoms with Crippen molar-refractivity contribution in [3.8, 4) is 0 Å². The van der Waals surface area contributed by atoms with E-state index in [9.17, 15) is 22.8 Å². The number of hydrogen-bond donors (Lipinski definition) is 1. The number of sulfonamides is 1. The zero-order valence-corrected chi connectivity index (χ0v) is 20.0. The molecule has 0 radical (unpaired) electrons. The molecule has 1 atom stereocenters. The molecule has 1 aliphatic heterocycles. The second-order valence-electron chi connectivity index (χ2n) is 7.83. The van der Waals surface area contributed by atoms with E-state index in [-0.39, 0.29) is 29.5 Å². The zero-order valence-electron chi connectivity index (χ0n) is 19.2. The molecule has 1 amide bonds. The third kappa shape index (κ3) is 6.28. The van der Waals surface area contributed by atoms with E-state index in [2.05, 4.69) is 5.32 Å². The summed E-state index contributed by atoms with van der Waals surface area (Å²) in [7, 11) is -3.67. The van der Waals surface area contributed by atoms with Crippen molar-refractivity contribution in [1.29, 1.82) is 0 Å². The van der Waals surface area contributed by atoms with E-state index in [0.29, 0.717) is 30.9 Å². The average Bonchev–Trinajstić information content (AvgIpc) is 2.84. The van der Waals surface area contributed by atoms with Gasteiger partial charge in [-0.15, -0.1) is 0 Å². The Labute approximate surface area is 199 Å². The van der Waals surface area contributed by atoms with Crippen LogP contribution >= 0.6 is 0 Å². The third-order valence-corrected chi connectivity index (χ3v) is 7.19. The van der Waals surface area contributed by atoms with Crippen LogP contribution in [-0.4, -0.2) is 62.8 Å². The van der Waals surface area contributed by atoms with Gasteiger partial charge in [-0.1, -0.05) is 6.92 Å². The summed E-state index contributed by atoms with van der Waals surface area (Å²) in [6.45, 7) is 4.60. The summed E-state index contributed by atoms with van der Waals surface area (Å²) < 4.78 is 37.2.